The third kappa shape index (κ3) is 5.01. The van der Waals surface area contributed by atoms with Crippen LogP contribution < -0.4 is 5.32 Å². The van der Waals surface area contributed by atoms with Gasteiger partial charge in [-0.15, -0.1) is 0 Å². The van der Waals surface area contributed by atoms with E-state index in [9.17, 15) is 0 Å². The Hall–Kier alpha value is -0.120. The maximum Gasteiger partial charge on any atom is 0.0117 e. The molecule has 1 heterocycles. The lowest BCUT2D eigenvalue weighted by atomic mass is 9.81. The van der Waals surface area contributed by atoms with E-state index in [-0.39, 0.29) is 0 Å². The van der Waals surface area contributed by atoms with Crippen molar-refractivity contribution in [1.29, 1.82) is 0 Å². The van der Waals surface area contributed by atoms with E-state index in [0.717, 1.165) is 19.1 Å². The average Bonchev–Trinajstić information content (AvgIpc) is 2.51. The van der Waals surface area contributed by atoms with Gasteiger partial charge in [-0.2, -0.15) is 0 Å². The molecule has 3 nitrogen and oxygen atoms in total. The van der Waals surface area contributed by atoms with Crippen LogP contribution in [0.2, 0.25) is 0 Å². The second-order valence-electron chi connectivity index (χ2n) is 6.57. The molecule has 120 valence electrons. The number of nitrogens with one attached hydrogen (secondary N) is 1. The lowest BCUT2D eigenvalue weighted by Gasteiger charge is -2.42. The number of hydrogen-bond acceptors (Lipinski definition) is 3. The monoisotopic (exact) mass is 283 g/mol. The van der Waals surface area contributed by atoms with Crippen molar-refractivity contribution in [1.82, 2.24) is 15.1 Å². The molecule has 1 aliphatic heterocycles. The zero-order chi connectivity index (χ0) is 15.0. The molecule has 0 aromatic carbocycles. The summed E-state index contributed by atoms with van der Waals surface area (Å²) in [6.07, 6.45) is 5.23. The molecular weight excluding hydrogens is 246 g/mol. The van der Waals surface area contributed by atoms with E-state index in [1.807, 2.05) is 0 Å². The summed E-state index contributed by atoms with van der Waals surface area (Å²) in [7, 11) is 2.35. The predicted molar refractivity (Wildman–Crippen MR) is 89.3 cm³/mol. The van der Waals surface area contributed by atoms with E-state index >= 15 is 0 Å². The molecule has 1 aliphatic rings. The Bertz CT molecular complexity index is 243. The molecule has 3 heteroatoms. The van der Waals surface area contributed by atoms with E-state index in [0.29, 0.717) is 5.41 Å². The summed E-state index contributed by atoms with van der Waals surface area (Å²) in [5.41, 5.74) is 0.451. The summed E-state index contributed by atoms with van der Waals surface area (Å²) < 4.78 is 0. The number of nitrogens with zero attached hydrogens (tertiary/aromatic N) is 2. The number of rotatable bonds is 9. The molecule has 1 saturated heterocycles. The molecule has 1 N–H and O–H groups in total. The van der Waals surface area contributed by atoms with Gasteiger partial charge in [-0.25, -0.2) is 0 Å². The van der Waals surface area contributed by atoms with Crippen molar-refractivity contribution in [2.75, 3.05) is 46.3 Å². The molecule has 0 aliphatic carbocycles. The third-order valence-electron chi connectivity index (χ3n) is 5.46. The number of hydrogen-bond donors (Lipinski definition) is 1. The molecule has 0 bridgehead atoms. The highest BCUT2D eigenvalue weighted by Gasteiger charge is 2.30. The topological polar surface area (TPSA) is 18.5 Å². The van der Waals surface area contributed by atoms with E-state index in [1.54, 1.807) is 0 Å². The van der Waals surface area contributed by atoms with Crippen LogP contribution in [0.5, 0.6) is 0 Å². The van der Waals surface area contributed by atoms with Gasteiger partial charge >= 0.3 is 0 Å². The smallest absolute Gasteiger partial charge is 0.0117 e. The molecule has 0 radical (unpaired) electrons. The summed E-state index contributed by atoms with van der Waals surface area (Å²) in [6, 6.07) is 0.789. The summed E-state index contributed by atoms with van der Waals surface area (Å²) in [5, 5.41) is 3.58. The quantitative estimate of drug-likeness (QED) is 0.702. The Morgan fingerprint density at radius 1 is 1.10 bits per heavy atom. The van der Waals surface area contributed by atoms with Gasteiger partial charge in [0.15, 0.2) is 0 Å². The SMILES string of the molecule is CCNCC(CC)(CC)CN(C)C1CCN(CC)CC1. The van der Waals surface area contributed by atoms with Crippen molar-refractivity contribution < 1.29 is 0 Å². The van der Waals surface area contributed by atoms with Crippen molar-refractivity contribution >= 4 is 0 Å². The standard InChI is InChI=1S/C17H37N3/c1-6-17(7-2,14-18-8-3)15-19(5)16-10-12-20(9-4)13-11-16/h16,18H,6-15H2,1-5H3. The first-order chi connectivity index (χ1) is 9.60. The maximum absolute atomic E-state index is 3.58. The van der Waals surface area contributed by atoms with Crippen molar-refractivity contribution in [3.05, 3.63) is 0 Å². The molecule has 0 amide bonds. The lowest BCUT2D eigenvalue weighted by molar-refractivity contribution is 0.0810. The van der Waals surface area contributed by atoms with Crippen molar-refractivity contribution in [2.24, 2.45) is 5.41 Å². The largest absolute Gasteiger partial charge is 0.316 e. The molecule has 1 rings (SSSR count). The summed E-state index contributed by atoms with van der Waals surface area (Å²) in [4.78, 5) is 5.23. The molecule has 0 aromatic rings. The van der Waals surface area contributed by atoms with Gasteiger partial charge in [-0.05, 0) is 64.3 Å². The van der Waals surface area contributed by atoms with Gasteiger partial charge in [0.1, 0.15) is 0 Å². The van der Waals surface area contributed by atoms with Crippen LogP contribution in [0.1, 0.15) is 53.4 Å². The maximum atomic E-state index is 3.58. The van der Waals surface area contributed by atoms with Crippen LogP contribution in [0.4, 0.5) is 0 Å². The minimum absolute atomic E-state index is 0.451. The van der Waals surface area contributed by atoms with Gasteiger partial charge in [0, 0.05) is 19.1 Å². The Balaban J connectivity index is 2.51. The van der Waals surface area contributed by atoms with Crippen LogP contribution in [0.3, 0.4) is 0 Å². The highest BCUT2D eigenvalue weighted by Crippen LogP contribution is 2.28. The Morgan fingerprint density at radius 2 is 1.70 bits per heavy atom. The third-order valence-corrected chi connectivity index (χ3v) is 5.46. The van der Waals surface area contributed by atoms with E-state index < -0.39 is 0 Å². The number of piperidine rings is 1. The predicted octanol–water partition coefficient (Wildman–Crippen LogP) is 2.82. The molecule has 20 heavy (non-hydrogen) atoms. The fraction of sp³-hybridized carbons (Fsp3) is 1.00. The molecule has 1 fully saturated rings. The van der Waals surface area contributed by atoms with Crippen LogP contribution in [-0.2, 0) is 0 Å². The lowest BCUT2D eigenvalue weighted by Crippen LogP contribution is -2.49. The van der Waals surface area contributed by atoms with Crippen LogP contribution in [0.25, 0.3) is 0 Å². The van der Waals surface area contributed by atoms with Gasteiger partial charge in [0.25, 0.3) is 0 Å². The zero-order valence-electron chi connectivity index (χ0n) is 14.5. The van der Waals surface area contributed by atoms with Gasteiger partial charge in [0.05, 0.1) is 0 Å². The molecule has 0 spiro atoms. The highest BCUT2D eigenvalue weighted by atomic mass is 15.2. The molecular formula is C17H37N3. The van der Waals surface area contributed by atoms with Crippen molar-refractivity contribution in [3.63, 3.8) is 0 Å². The van der Waals surface area contributed by atoms with Crippen molar-refractivity contribution in [2.45, 2.75) is 59.4 Å². The van der Waals surface area contributed by atoms with Crippen LogP contribution in [-0.4, -0.2) is 62.2 Å². The van der Waals surface area contributed by atoms with Gasteiger partial charge in [0.2, 0.25) is 0 Å². The van der Waals surface area contributed by atoms with E-state index in [1.165, 1.54) is 51.9 Å². The van der Waals surface area contributed by atoms with Crippen LogP contribution in [0.15, 0.2) is 0 Å². The first-order valence-electron chi connectivity index (χ1n) is 8.74. The summed E-state index contributed by atoms with van der Waals surface area (Å²) in [5.74, 6) is 0. The highest BCUT2D eigenvalue weighted by molar-refractivity contribution is 4.86. The number of likely N-dealkylation sites (tertiary alicyclic amines) is 1. The van der Waals surface area contributed by atoms with E-state index in [4.69, 9.17) is 0 Å². The Kier molecular flexibility index (Phi) is 8.08. The minimum atomic E-state index is 0.451. The zero-order valence-corrected chi connectivity index (χ0v) is 14.5. The van der Waals surface area contributed by atoms with Crippen molar-refractivity contribution in [3.8, 4) is 0 Å². The van der Waals surface area contributed by atoms with Gasteiger partial charge in [-0.1, -0.05) is 27.7 Å². The second kappa shape index (κ2) is 9.01. The average molecular weight is 284 g/mol. The molecule has 0 saturated carbocycles. The first-order valence-corrected chi connectivity index (χ1v) is 8.74. The van der Waals surface area contributed by atoms with Gasteiger partial charge < -0.3 is 15.1 Å². The normalized spacial score (nSPS) is 18.9. The second-order valence-corrected chi connectivity index (χ2v) is 6.57. The summed E-state index contributed by atoms with van der Waals surface area (Å²) in [6.45, 7) is 16.5. The van der Waals surface area contributed by atoms with Crippen LogP contribution in [0, 0.1) is 5.41 Å². The van der Waals surface area contributed by atoms with E-state index in [2.05, 4.69) is 49.9 Å². The van der Waals surface area contributed by atoms with Gasteiger partial charge in [-0.3, -0.25) is 0 Å². The molecule has 0 unspecified atom stereocenters. The van der Waals surface area contributed by atoms with Crippen LogP contribution >= 0.6 is 0 Å². The summed E-state index contributed by atoms with van der Waals surface area (Å²) >= 11 is 0. The molecule has 0 atom stereocenters. The molecule has 0 aromatic heterocycles. The Labute approximate surface area is 127 Å². The minimum Gasteiger partial charge on any atom is -0.316 e. The first kappa shape index (κ1) is 17.9. The Morgan fingerprint density at radius 3 is 2.15 bits per heavy atom. The fourth-order valence-electron chi connectivity index (χ4n) is 3.50. The fourth-order valence-corrected chi connectivity index (χ4v) is 3.50.